The molecule has 0 aromatic carbocycles. The van der Waals surface area contributed by atoms with Gasteiger partial charge in [-0.2, -0.15) is 5.26 Å². The number of nitrogens with one attached hydrogen (secondary N) is 1. The van der Waals surface area contributed by atoms with Gasteiger partial charge in [0, 0.05) is 24.5 Å². The normalized spacial score (nSPS) is 9.74. The van der Waals surface area contributed by atoms with Crippen molar-refractivity contribution in [2.45, 2.75) is 13.5 Å². The van der Waals surface area contributed by atoms with E-state index in [0.717, 1.165) is 11.3 Å². The zero-order chi connectivity index (χ0) is 13.7. The fourth-order valence-electron chi connectivity index (χ4n) is 1.65. The maximum atomic E-state index is 8.90. The topological polar surface area (TPSA) is 70.8 Å². The number of anilines is 1. The highest BCUT2D eigenvalue weighted by molar-refractivity contribution is 5.44. The van der Waals surface area contributed by atoms with Crippen molar-refractivity contribution >= 4 is 5.82 Å². The van der Waals surface area contributed by atoms with E-state index < -0.39 is 0 Å². The molecular weight excluding hydrogens is 240 g/mol. The predicted molar refractivity (Wildman–Crippen MR) is 71.8 cm³/mol. The number of nitrogens with zero attached hydrogens (tertiary/aromatic N) is 3. The van der Waals surface area contributed by atoms with Crippen molar-refractivity contribution in [1.82, 2.24) is 9.97 Å². The predicted octanol–water partition coefficient (Wildman–Crippen LogP) is 2.28. The van der Waals surface area contributed by atoms with Crippen LogP contribution in [0.5, 0.6) is 5.88 Å². The highest BCUT2D eigenvalue weighted by Gasteiger charge is 2.00. The zero-order valence-electron chi connectivity index (χ0n) is 10.8. The highest BCUT2D eigenvalue weighted by Crippen LogP contribution is 2.12. The largest absolute Gasteiger partial charge is 0.481 e. The van der Waals surface area contributed by atoms with Crippen LogP contribution in [-0.2, 0) is 6.54 Å². The van der Waals surface area contributed by atoms with Gasteiger partial charge >= 0.3 is 0 Å². The first-order valence-corrected chi connectivity index (χ1v) is 5.83. The smallest absolute Gasteiger partial charge is 0.212 e. The van der Waals surface area contributed by atoms with E-state index in [-0.39, 0.29) is 0 Å². The summed E-state index contributed by atoms with van der Waals surface area (Å²) in [5, 5.41) is 12.1. The van der Waals surface area contributed by atoms with Gasteiger partial charge in [0.15, 0.2) is 0 Å². The van der Waals surface area contributed by atoms with Gasteiger partial charge in [-0.1, -0.05) is 6.07 Å². The van der Waals surface area contributed by atoms with Crippen LogP contribution >= 0.6 is 0 Å². The van der Waals surface area contributed by atoms with Crippen molar-refractivity contribution in [2.24, 2.45) is 0 Å². The van der Waals surface area contributed by atoms with Crippen molar-refractivity contribution in [3.05, 3.63) is 47.3 Å². The molecule has 0 atom stereocenters. The Kier molecular flexibility index (Phi) is 3.94. The molecule has 1 N–H and O–H groups in total. The number of rotatable bonds is 4. The van der Waals surface area contributed by atoms with Crippen LogP contribution in [-0.4, -0.2) is 17.1 Å². The number of pyridine rings is 2. The molecule has 0 fully saturated rings. The first kappa shape index (κ1) is 12.8. The molecule has 0 spiro atoms. The van der Waals surface area contributed by atoms with Crippen molar-refractivity contribution in [3.63, 3.8) is 0 Å². The standard InChI is InChI=1S/C14H14N4O/c1-10-5-12(7-15)6-13(18-10)16-8-11-3-4-14(19-2)17-9-11/h3-6,9H,8H2,1-2H3,(H,16,18). The quantitative estimate of drug-likeness (QED) is 0.906. The Balaban J connectivity index is 2.05. The maximum absolute atomic E-state index is 8.90. The minimum Gasteiger partial charge on any atom is -0.481 e. The number of aryl methyl sites for hydroxylation is 1. The molecular formula is C14H14N4O. The number of methoxy groups -OCH3 is 1. The van der Waals surface area contributed by atoms with Gasteiger partial charge in [-0.15, -0.1) is 0 Å². The Labute approximate surface area is 111 Å². The number of hydrogen-bond donors (Lipinski definition) is 1. The van der Waals surface area contributed by atoms with Gasteiger partial charge < -0.3 is 10.1 Å². The summed E-state index contributed by atoms with van der Waals surface area (Å²) >= 11 is 0. The summed E-state index contributed by atoms with van der Waals surface area (Å²) in [6, 6.07) is 9.33. The van der Waals surface area contributed by atoms with Crippen LogP contribution in [0.25, 0.3) is 0 Å². The lowest BCUT2D eigenvalue weighted by molar-refractivity contribution is 0.397. The molecule has 0 saturated heterocycles. The van der Waals surface area contributed by atoms with Gasteiger partial charge in [0.1, 0.15) is 5.82 Å². The summed E-state index contributed by atoms with van der Waals surface area (Å²) in [7, 11) is 1.58. The summed E-state index contributed by atoms with van der Waals surface area (Å²) in [5.41, 5.74) is 2.43. The number of nitriles is 1. The summed E-state index contributed by atoms with van der Waals surface area (Å²) in [6.07, 6.45) is 1.74. The van der Waals surface area contributed by atoms with Crippen molar-refractivity contribution in [2.75, 3.05) is 12.4 Å². The van der Waals surface area contributed by atoms with E-state index in [1.807, 2.05) is 13.0 Å². The number of ether oxygens (including phenoxy) is 1. The monoisotopic (exact) mass is 254 g/mol. The maximum Gasteiger partial charge on any atom is 0.212 e. The SMILES string of the molecule is COc1ccc(CNc2cc(C#N)cc(C)n2)cn1. The molecule has 5 nitrogen and oxygen atoms in total. The van der Waals surface area contributed by atoms with E-state index in [4.69, 9.17) is 10.00 Å². The molecule has 0 amide bonds. The number of aromatic nitrogens is 2. The molecule has 0 aliphatic heterocycles. The second kappa shape index (κ2) is 5.83. The fraction of sp³-hybridized carbons (Fsp3) is 0.214. The molecule has 0 aliphatic carbocycles. The Morgan fingerprint density at radius 1 is 1.37 bits per heavy atom. The Morgan fingerprint density at radius 2 is 2.21 bits per heavy atom. The molecule has 2 aromatic heterocycles. The van der Waals surface area contributed by atoms with Crippen LogP contribution in [0.2, 0.25) is 0 Å². The van der Waals surface area contributed by atoms with Crippen LogP contribution < -0.4 is 10.1 Å². The second-order valence-electron chi connectivity index (χ2n) is 4.06. The van der Waals surface area contributed by atoms with Crippen LogP contribution in [0.1, 0.15) is 16.8 Å². The summed E-state index contributed by atoms with van der Waals surface area (Å²) in [5.74, 6) is 1.27. The van der Waals surface area contributed by atoms with Gasteiger partial charge in [0.25, 0.3) is 0 Å². The second-order valence-corrected chi connectivity index (χ2v) is 4.06. The van der Waals surface area contributed by atoms with E-state index in [1.165, 1.54) is 0 Å². The molecule has 2 rings (SSSR count). The molecule has 0 saturated carbocycles. The van der Waals surface area contributed by atoms with Crippen LogP contribution in [0.3, 0.4) is 0 Å². The van der Waals surface area contributed by atoms with Gasteiger partial charge in [0.2, 0.25) is 5.88 Å². The summed E-state index contributed by atoms with van der Waals surface area (Å²) in [6.45, 7) is 2.46. The Bertz CT molecular complexity index is 602. The minimum absolute atomic E-state index is 0.587. The van der Waals surface area contributed by atoms with E-state index in [0.29, 0.717) is 23.8 Å². The number of hydrogen-bond acceptors (Lipinski definition) is 5. The lowest BCUT2D eigenvalue weighted by Gasteiger charge is -2.07. The molecule has 96 valence electrons. The first-order chi connectivity index (χ1) is 9.21. The Hall–Kier alpha value is -2.61. The molecule has 0 radical (unpaired) electrons. The highest BCUT2D eigenvalue weighted by atomic mass is 16.5. The van der Waals surface area contributed by atoms with Crippen molar-refractivity contribution in [3.8, 4) is 11.9 Å². The van der Waals surface area contributed by atoms with Crippen molar-refractivity contribution in [1.29, 1.82) is 5.26 Å². The first-order valence-electron chi connectivity index (χ1n) is 5.83. The average Bonchev–Trinajstić information content (AvgIpc) is 2.45. The molecule has 2 heterocycles. The zero-order valence-corrected chi connectivity index (χ0v) is 10.8. The fourth-order valence-corrected chi connectivity index (χ4v) is 1.65. The molecule has 0 bridgehead atoms. The third kappa shape index (κ3) is 3.42. The molecule has 5 heteroatoms. The molecule has 2 aromatic rings. The summed E-state index contributed by atoms with van der Waals surface area (Å²) in [4.78, 5) is 8.45. The molecule has 0 aliphatic rings. The van der Waals surface area contributed by atoms with E-state index in [2.05, 4.69) is 21.4 Å². The Morgan fingerprint density at radius 3 is 2.84 bits per heavy atom. The average molecular weight is 254 g/mol. The van der Waals surface area contributed by atoms with Crippen molar-refractivity contribution < 1.29 is 4.74 Å². The van der Waals surface area contributed by atoms with E-state index >= 15 is 0 Å². The van der Waals surface area contributed by atoms with E-state index in [9.17, 15) is 0 Å². The van der Waals surface area contributed by atoms with Gasteiger partial charge in [0.05, 0.1) is 18.7 Å². The van der Waals surface area contributed by atoms with Gasteiger partial charge in [-0.25, -0.2) is 9.97 Å². The van der Waals surface area contributed by atoms with Gasteiger partial charge in [-0.3, -0.25) is 0 Å². The van der Waals surface area contributed by atoms with E-state index in [1.54, 1.807) is 31.5 Å². The third-order valence-electron chi connectivity index (χ3n) is 2.56. The minimum atomic E-state index is 0.587. The summed E-state index contributed by atoms with van der Waals surface area (Å²) < 4.78 is 5.00. The lowest BCUT2D eigenvalue weighted by atomic mass is 10.2. The van der Waals surface area contributed by atoms with Gasteiger partial charge in [-0.05, 0) is 24.6 Å². The van der Waals surface area contributed by atoms with Crippen LogP contribution in [0.4, 0.5) is 5.82 Å². The molecule has 0 unspecified atom stereocenters. The third-order valence-corrected chi connectivity index (χ3v) is 2.56. The lowest BCUT2D eigenvalue weighted by Crippen LogP contribution is -2.03. The van der Waals surface area contributed by atoms with Crippen LogP contribution in [0, 0.1) is 18.3 Å². The van der Waals surface area contributed by atoms with Crippen LogP contribution in [0.15, 0.2) is 30.5 Å². The molecule has 19 heavy (non-hydrogen) atoms.